The summed E-state index contributed by atoms with van der Waals surface area (Å²) in [6.45, 7) is 5.69. The Bertz CT molecular complexity index is 972. The van der Waals surface area contributed by atoms with Gasteiger partial charge in [0, 0.05) is 20.2 Å². The third-order valence-corrected chi connectivity index (χ3v) is 8.30. The quantitative estimate of drug-likeness (QED) is 0.618. The van der Waals surface area contributed by atoms with Gasteiger partial charge in [-0.15, -0.1) is 5.10 Å². The lowest BCUT2D eigenvalue weighted by Gasteiger charge is -2.37. The number of ether oxygens (including phenoxy) is 1. The zero-order valence-corrected chi connectivity index (χ0v) is 18.5. The lowest BCUT2D eigenvalue weighted by molar-refractivity contribution is 0.108. The molecule has 4 rings (SSSR count). The first kappa shape index (κ1) is 21.4. The molecule has 2 fully saturated rings. The molecular formula is C20H30N6O3S. The van der Waals surface area contributed by atoms with Crippen molar-refractivity contribution in [3.05, 3.63) is 35.7 Å². The molecule has 0 aliphatic carbocycles. The van der Waals surface area contributed by atoms with Crippen LogP contribution in [0.1, 0.15) is 37.6 Å². The molecule has 2 aliphatic rings. The maximum Gasteiger partial charge on any atom is 0.243 e. The number of aromatic nitrogens is 4. The first-order valence-corrected chi connectivity index (χ1v) is 12.1. The largest absolute Gasteiger partial charge is 0.383 e. The molecule has 1 atom stereocenters. The van der Waals surface area contributed by atoms with Gasteiger partial charge in [0.1, 0.15) is 0 Å². The fraction of sp³-hybridized carbons (Fsp3) is 0.650. The highest BCUT2D eigenvalue weighted by Crippen LogP contribution is 2.41. The fourth-order valence-electron chi connectivity index (χ4n) is 4.74. The Morgan fingerprint density at radius 2 is 1.93 bits per heavy atom. The first-order valence-electron chi connectivity index (χ1n) is 10.6. The molecule has 0 saturated carbocycles. The Morgan fingerprint density at radius 3 is 2.67 bits per heavy atom. The molecule has 0 bridgehead atoms. The van der Waals surface area contributed by atoms with Crippen LogP contribution < -0.4 is 0 Å². The number of hydrogen-bond donors (Lipinski definition) is 0. The summed E-state index contributed by atoms with van der Waals surface area (Å²) in [4.78, 5) is 2.78. The summed E-state index contributed by atoms with van der Waals surface area (Å²) in [5, 5.41) is 12.5. The zero-order chi connectivity index (χ0) is 21.2. The average Bonchev–Trinajstić information content (AvgIpc) is 3.52. The van der Waals surface area contributed by atoms with Crippen molar-refractivity contribution < 1.29 is 13.2 Å². The highest BCUT2D eigenvalue weighted by molar-refractivity contribution is 7.89. The third kappa shape index (κ3) is 3.66. The van der Waals surface area contributed by atoms with E-state index < -0.39 is 15.6 Å². The summed E-state index contributed by atoms with van der Waals surface area (Å²) in [7, 11) is -1.95. The average molecular weight is 435 g/mol. The fourth-order valence-corrected chi connectivity index (χ4v) is 6.53. The van der Waals surface area contributed by atoms with E-state index in [1.54, 1.807) is 28.2 Å². The van der Waals surface area contributed by atoms with Crippen LogP contribution in [0, 0.1) is 0 Å². The van der Waals surface area contributed by atoms with Crippen molar-refractivity contribution in [1.29, 1.82) is 0 Å². The number of nitrogens with zero attached hydrogens (tertiary/aromatic N) is 6. The van der Waals surface area contributed by atoms with E-state index in [1.807, 2.05) is 19.1 Å². The lowest BCUT2D eigenvalue weighted by Crippen LogP contribution is -2.49. The van der Waals surface area contributed by atoms with Crippen molar-refractivity contribution >= 4 is 10.0 Å². The van der Waals surface area contributed by atoms with Gasteiger partial charge in [0.2, 0.25) is 10.0 Å². The smallest absolute Gasteiger partial charge is 0.243 e. The van der Waals surface area contributed by atoms with E-state index in [0.717, 1.165) is 37.3 Å². The molecule has 164 valence electrons. The van der Waals surface area contributed by atoms with E-state index in [0.29, 0.717) is 44.0 Å². The Morgan fingerprint density at radius 1 is 1.17 bits per heavy atom. The Labute approximate surface area is 178 Å². The monoisotopic (exact) mass is 434 g/mol. The van der Waals surface area contributed by atoms with Gasteiger partial charge in [0.15, 0.2) is 5.82 Å². The molecule has 1 aromatic heterocycles. The molecule has 1 aromatic carbocycles. The summed E-state index contributed by atoms with van der Waals surface area (Å²) >= 11 is 0. The van der Waals surface area contributed by atoms with Crippen LogP contribution in [0.3, 0.4) is 0 Å². The maximum atomic E-state index is 13.6. The summed E-state index contributed by atoms with van der Waals surface area (Å²) in [6, 6.07) is 7.29. The molecular weight excluding hydrogens is 404 g/mol. The van der Waals surface area contributed by atoms with Gasteiger partial charge in [0.05, 0.1) is 23.6 Å². The van der Waals surface area contributed by atoms with Crippen LogP contribution in [0.5, 0.6) is 0 Å². The predicted octanol–water partition coefficient (Wildman–Crippen LogP) is 1.27. The van der Waals surface area contributed by atoms with E-state index in [1.165, 1.54) is 0 Å². The summed E-state index contributed by atoms with van der Waals surface area (Å²) < 4.78 is 35.8. The Kier molecular flexibility index (Phi) is 6.19. The summed E-state index contributed by atoms with van der Waals surface area (Å²) in [6.07, 6.45) is 3.56. The van der Waals surface area contributed by atoms with E-state index in [9.17, 15) is 8.42 Å². The Balaban J connectivity index is 1.70. The minimum Gasteiger partial charge on any atom is -0.383 e. The number of sulfonamides is 1. The predicted molar refractivity (Wildman–Crippen MR) is 111 cm³/mol. The SMILES string of the molecule is CCc1ccccc1S(=O)(=O)N1CCC(c2nnnn2CCOC)(N2CCCC2)C1. The second-order valence-electron chi connectivity index (χ2n) is 7.99. The molecule has 9 nitrogen and oxygen atoms in total. The highest BCUT2D eigenvalue weighted by Gasteiger charge is 2.51. The number of methoxy groups -OCH3 is 1. The normalized spacial score (nSPS) is 23.4. The molecule has 0 radical (unpaired) electrons. The third-order valence-electron chi connectivity index (χ3n) is 6.35. The molecule has 0 spiro atoms. The van der Waals surface area contributed by atoms with Crippen molar-refractivity contribution in [2.45, 2.75) is 49.6 Å². The van der Waals surface area contributed by atoms with Gasteiger partial charge >= 0.3 is 0 Å². The molecule has 0 amide bonds. The topological polar surface area (TPSA) is 93.5 Å². The van der Waals surface area contributed by atoms with Gasteiger partial charge in [-0.1, -0.05) is 25.1 Å². The molecule has 2 aliphatic heterocycles. The van der Waals surface area contributed by atoms with Crippen LogP contribution in [-0.2, 0) is 33.3 Å². The van der Waals surface area contributed by atoms with Gasteiger partial charge in [-0.25, -0.2) is 13.1 Å². The maximum absolute atomic E-state index is 13.6. The zero-order valence-electron chi connectivity index (χ0n) is 17.7. The van der Waals surface area contributed by atoms with Crippen LogP contribution in [0.4, 0.5) is 0 Å². The molecule has 0 N–H and O–H groups in total. The number of hydrogen-bond acceptors (Lipinski definition) is 7. The molecule has 30 heavy (non-hydrogen) atoms. The number of likely N-dealkylation sites (tertiary alicyclic amines) is 1. The van der Waals surface area contributed by atoms with Gasteiger partial charge in [0.25, 0.3) is 0 Å². The van der Waals surface area contributed by atoms with E-state index in [-0.39, 0.29) is 0 Å². The van der Waals surface area contributed by atoms with Crippen molar-refractivity contribution in [3.8, 4) is 0 Å². The second kappa shape index (κ2) is 8.70. The molecule has 10 heteroatoms. The van der Waals surface area contributed by atoms with Gasteiger partial charge in [-0.3, -0.25) is 4.90 Å². The number of rotatable bonds is 8. The highest BCUT2D eigenvalue weighted by atomic mass is 32.2. The van der Waals surface area contributed by atoms with Crippen molar-refractivity contribution in [1.82, 2.24) is 29.4 Å². The van der Waals surface area contributed by atoms with Crippen LogP contribution >= 0.6 is 0 Å². The lowest BCUT2D eigenvalue weighted by atomic mass is 9.95. The van der Waals surface area contributed by atoms with Gasteiger partial charge in [-0.05, 0) is 60.8 Å². The standard InChI is InChI=1S/C20H30N6O3S/c1-3-17-8-4-5-9-18(17)30(27,28)25-13-10-20(16-25,24-11-6-7-12-24)19-21-22-23-26(19)14-15-29-2/h4-5,8-9H,3,6-7,10-16H2,1-2H3. The van der Waals surface area contributed by atoms with Crippen molar-refractivity contribution in [2.75, 3.05) is 39.9 Å². The number of tetrazole rings is 1. The van der Waals surface area contributed by atoms with E-state index >= 15 is 0 Å². The minimum absolute atomic E-state index is 0.362. The van der Waals surface area contributed by atoms with Crippen molar-refractivity contribution in [3.63, 3.8) is 0 Å². The van der Waals surface area contributed by atoms with Crippen LogP contribution in [0.25, 0.3) is 0 Å². The van der Waals surface area contributed by atoms with Crippen LogP contribution in [0.15, 0.2) is 29.2 Å². The number of benzene rings is 1. The molecule has 1 unspecified atom stereocenters. The van der Waals surface area contributed by atoms with Gasteiger partial charge in [-0.2, -0.15) is 4.31 Å². The van der Waals surface area contributed by atoms with E-state index in [2.05, 4.69) is 20.4 Å². The van der Waals surface area contributed by atoms with Gasteiger partial charge < -0.3 is 4.74 Å². The molecule has 2 saturated heterocycles. The Hall–Kier alpha value is -1.88. The minimum atomic E-state index is -3.60. The van der Waals surface area contributed by atoms with Crippen LogP contribution in [0.2, 0.25) is 0 Å². The van der Waals surface area contributed by atoms with Crippen molar-refractivity contribution in [2.24, 2.45) is 0 Å². The molecule has 3 heterocycles. The first-order chi connectivity index (χ1) is 14.5. The second-order valence-corrected chi connectivity index (χ2v) is 9.90. The number of aryl methyl sites for hydroxylation is 1. The summed E-state index contributed by atoms with van der Waals surface area (Å²) in [5.41, 5.74) is 0.336. The van der Waals surface area contributed by atoms with E-state index in [4.69, 9.17) is 4.74 Å². The summed E-state index contributed by atoms with van der Waals surface area (Å²) in [5.74, 6) is 0.739. The van der Waals surface area contributed by atoms with Crippen LogP contribution in [-0.4, -0.2) is 77.7 Å². The molecule has 2 aromatic rings.